The molecule has 3 heterocycles. The number of fused-ring (bicyclic) bond motifs is 1. The Bertz CT molecular complexity index is 1410. The number of aliphatic hydroxyl groups excluding tert-OH is 1. The zero-order valence-electron chi connectivity index (χ0n) is 17.1. The summed E-state index contributed by atoms with van der Waals surface area (Å²) in [5.41, 5.74) is 3.29. The fourth-order valence-corrected chi connectivity index (χ4v) is 5.84. The minimum absolute atomic E-state index is 0.0313. The quantitative estimate of drug-likeness (QED) is 0.382. The Kier molecular flexibility index (Phi) is 4.91. The summed E-state index contributed by atoms with van der Waals surface area (Å²) in [4.78, 5) is 32.9. The molecule has 1 aliphatic heterocycles. The number of halogens is 1. The van der Waals surface area contributed by atoms with Crippen molar-refractivity contribution in [2.75, 3.05) is 4.90 Å². The molecule has 1 amide bonds. The molecule has 5 nitrogen and oxygen atoms in total. The van der Waals surface area contributed by atoms with Crippen LogP contribution in [0.3, 0.4) is 0 Å². The fraction of sp³-hybridized carbons (Fsp3) is 0.125. The highest BCUT2D eigenvalue weighted by atomic mass is 32.1. The average Bonchev–Trinajstić information content (AvgIpc) is 3.48. The van der Waals surface area contributed by atoms with Crippen molar-refractivity contribution in [3.63, 3.8) is 0 Å². The van der Waals surface area contributed by atoms with Crippen LogP contribution in [-0.2, 0) is 4.79 Å². The molecular formula is C24H17FN2O3S2. The molecule has 2 aromatic carbocycles. The van der Waals surface area contributed by atoms with Gasteiger partial charge in [-0.3, -0.25) is 14.5 Å². The molecule has 1 aliphatic rings. The van der Waals surface area contributed by atoms with E-state index in [4.69, 9.17) is 0 Å². The molecule has 5 rings (SSSR count). The molecule has 1 atom stereocenters. The Morgan fingerprint density at radius 1 is 1.16 bits per heavy atom. The number of hydrogen-bond donors (Lipinski definition) is 1. The highest BCUT2D eigenvalue weighted by Crippen LogP contribution is 2.44. The van der Waals surface area contributed by atoms with Gasteiger partial charge in [0.25, 0.3) is 5.91 Å². The highest BCUT2D eigenvalue weighted by molar-refractivity contribution is 7.22. The number of carbonyl (C=O) groups excluding carboxylic acids is 2. The van der Waals surface area contributed by atoms with Crippen molar-refractivity contribution in [1.29, 1.82) is 0 Å². The van der Waals surface area contributed by atoms with E-state index in [-0.39, 0.29) is 5.57 Å². The second kappa shape index (κ2) is 7.65. The standard InChI is InChI=1S/C24H17FN2O3S2/c1-12-10-13(2)19-17(11-12)32-24(26-19)27-20(14-5-7-15(25)8-6-14)18(22(29)23(27)30)21(28)16-4-3-9-31-16/h3-11,20,29H,1-2H3/t20-/m0/s1. The molecule has 0 radical (unpaired) electrons. The fourth-order valence-electron chi connectivity index (χ4n) is 4.00. The first-order valence-corrected chi connectivity index (χ1v) is 11.5. The monoisotopic (exact) mass is 464 g/mol. The third kappa shape index (κ3) is 3.23. The zero-order chi connectivity index (χ0) is 22.6. The van der Waals surface area contributed by atoms with E-state index in [1.165, 1.54) is 51.8 Å². The number of carbonyl (C=O) groups is 2. The van der Waals surface area contributed by atoms with Gasteiger partial charge in [-0.15, -0.1) is 11.3 Å². The SMILES string of the molecule is Cc1cc(C)c2nc(N3C(=O)C(O)=C(C(=O)c4cccs4)[C@@H]3c3ccc(F)cc3)sc2c1. The predicted molar refractivity (Wildman–Crippen MR) is 124 cm³/mol. The van der Waals surface area contributed by atoms with E-state index >= 15 is 0 Å². The van der Waals surface area contributed by atoms with Gasteiger partial charge in [0.1, 0.15) is 5.82 Å². The summed E-state index contributed by atoms with van der Waals surface area (Å²) in [6, 6.07) is 12.0. The summed E-state index contributed by atoms with van der Waals surface area (Å²) >= 11 is 2.54. The number of anilines is 1. The van der Waals surface area contributed by atoms with E-state index in [9.17, 15) is 19.1 Å². The minimum Gasteiger partial charge on any atom is -0.503 e. The summed E-state index contributed by atoms with van der Waals surface area (Å²) in [6.07, 6.45) is 0. The zero-order valence-corrected chi connectivity index (χ0v) is 18.8. The molecule has 32 heavy (non-hydrogen) atoms. The Balaban J connectivity index is 1.70. The molecular weight excluding hydrogens is 447 g/mol. The van der Waals surface area contributed by atoms with Crippen LogP contribution in [0.1, 0.15) is 32.4 Å². The number of aromatic nitrogens is 1. The lowest BCUT2D eigenvalue weighted by molar-refractivity contribution is -0.117. The molecule has 1 N–H and O–H groups in total. The summed E-state index contributed by atoms with van der Waals surface area (Å²) in [6.45, 7) is 3.93. The Labute approximate surface area is 191 Å². The number of amides is 1. The lowest BCUT2D eigenvalue weighted by Gasteiger charge is -2.24. The maximum atomic E-state index is 13.6. The second-order valence-electron chi connectivity index (χ2n) is 7.62. The van der Waals surface area contributed by atoms with Gasteiger partial charge < -0.3 is 5.11 Å². The van der Waals surface area contributed by atoms with Gasteiger partial charge in [0.05, 0.1) is 26.7 Å². The first-order valence-electron chi connectivity index (χ1n) is 9.83. The number of thiazole rings is 1. The number of ketones is 1. The number of nitrogens with zero attached hydrogens (tertiary/aromatic N) is 2. The van der Waals surface area contributed by atoms with E-state index in [0.717, 1.165) is 21.3 Å². The molecule has 0 aliphatic carbocycles. The lowest BCUT2D eigenvalue weighted by Crippen LogP contribution is -2.30. The molecule has 0 unspecified atom stereocenters. The number of rotatable bonds is 4. The van der Waals surface area contributed by atoms with E-state index in [1.807, 2.05) is 26.0 Å². The summed E-state index contributed by atoms with van der Waals surface area (Å²) in [5, 5.41) is 12.9. The smallest absolute Gasteiger partial charge is 0.296 e. The summed E-state index contributed by atoms with van der Waals surface area (Å²) in [7, 11) is 0. The molecule has 0 saturated carbocycles. The summed E-state index contributed by atoms with van der Waals surface area (Å²) < 4.78 is 14.5. The third-order valence-corrected chi connectivity index (χ3v) is 7.28. The Morgan fingerprint density at radius 3 is 2.59 bits per heavy atom. The van der Waals surface area contributed by atoms with Crippen LogP contribution in [0.15, 0.2) is 65.2 Å². The second-order valence-corrected chi connectivity index (χ2v) is 9.58. The van der Waals surface area contributed by atoms with Crippen LogP contribution in [0.2, 0.25) is 0 Å². The van der Waals surface area contributed by atoms with Gasteiger partial charge in [0, 0.05) is 0 Å². The van der Waals surface area contributed by atoms with Crippen LogP contribution >= 0.6 is 22.7 Å². The molecule has 0 saturated heterocycles. The van der Waals surface area contributed by atoms with Gasteiger partial charge in [-0.25, -0.2) is 9.37 Å². The van der Waals surface area contributed by atoms with Crippen LogP contribution in [0, 0.1) is 19.7 Å². The third-order valence-electron chi connectivity index (χ3n) is 5.41. The molecule has 8 heteroatoms. The summed E-state index contributed by atoms with van der Waals surface area (Å²) in [5.74, 6) is -2.18. The largest absolute Gasteiger partial charge is 0.503 e. The minimum atomic E-state index is -0.917. The normalized spacial score (nSPS) is 16.4. The molecule has 0 bridgehead atoms. The molecule has 2 aromatic heterocycles. The Hall–Kier alpha value is -3.36. The number of benzene rings is 2. The van der Waals surface area contributed by atoms with Gasteiger partial charge in [0.2, 0.25) is 5.78 Å². The number of Topliss-reactive ketones (excluding diaryl/α,β-unsaturated/α-hetero) is 1. The van der Waals surface area contributed by atoms with Gasteiger partial charge >= 0.3 is 0 Å². The van der Waals surface area contributed by atoms with E-state index < -0.39 is 29.3 Å². The van der Waals surface area contributed by atoms with Gasteiger partial charge in [-0.2, -0.15) is 0 Å². The van der Waals surface area contributed by atoms with Crippen LogP contribution in [0.25, 0.3) is 10.2 Å². The van der Waals surface area contributed by atoms with Crippen LogP contribution < -0.4 is 4.90 Å². The van der Waals surface area contributed by atoms with Crippen molar-refractivity contribution in [2.24, 2.45) is 0 Å². The first-order chi connectivity index (χ1) is 15.3. The number of thiophene rings is 1. The number of hydrogen-bond acceptors (Lipinski definition) is 6. The maximum Gasteiger partial charge on any atom is 0.296 e. The number of aliphatic hydroxyl groups is 1. The first kappa shape index (κ1) is 20.5. The van der Waals surface area contributed by atoms with Crippen LogP contribution in [0.5, 0.6) is 0 Å². The van der Waals surface area contributed by atoms with Crippen LogP contribution in [-0.4, -0.2) is 21.8 Å². The van der Waals surface area contributed by atoms with Crippen molar-refractivity contribution in [3.05, 3.63) is 92.6 Å². The highest BCUT2D eigenvalue weighted by Gasteiger charge is 2.46. The molecule has 0 spiro atoms. The van der Waals surface area contributed by atoms with E-state index in [1.54, 1.807) is 17.5 Å². The molecule has 160 valence electrons. The maximum absolute atomic E-state index is 13.6. The lowest BCUT2D eigenvalue weighted by atomic mass is 9.95. The van der Waals surface area contributed by atoms with Gasteiger partial charge in [0.15, 0.2) is 10.9 Å². The van der Waals surface area contributed by atoms with Crippen molar-refractivity contribution in [2.45, 2.75) is 19.9 Å². The predicted octanol–water partition coefficient (Wildman–Crippen LogP) is 5.90. The van der Waals surface area contributed by atoms with Crippen molar-refractivity contribution < 1.29 is 19.1 Å². The van der Waals surface area contributed by atoms with Gasteiger partial charge in [-0.05, 0) is 60.2 Å². The average molecular weight is 465 g/mol. The van der Waals surface area contributed by atoms with Crippen molar-refractivity contribution >= 4 is 49.7 Å². The topological polar surface area (TPSA) is 70.5 Å². The number of aryl methyl sites for hydroxylation is 2. The molecule has 0 fully saturated rings. The van der Waals surface area contributed by atoms with Crippen molar-refractivity contribution in [3.8, 4) is 0 Å². The van der Waals surface area contributed by atoms with Gasteiger partial charge in [-0.1, -0.05) is 35.6 Å². The molecule has 4 aromatic rings. The Morgan fingerprint density at radius 2 is 1.91 bits per heavy atom. The van der Waals surface area contributed by atoms with Crippen molar-refractivity contribution in [1.82, 2.24) is 4.98 Å². The van der Waals surface area contributed by atoms with E-state index in [2.05, 4.69) is 4.98 Å². The van der Waals surface area contributed by atoms with Crippen LogP contribution in [0.4, 0.5) is 9.52 Å². The van der Waals surface area contributed by atoms with E-state index in [0.29, 0.717) is 15.6 Å².